The van der Waals surface area contributed by atoms with Crippen molar-refractivity contribution in [2.75, 3.05) is 23.8 Å². The number of nitrogens with one attached hydrogen (secondary N) is 2. The molecule has 0 radical (unpaired) electrons. The van der Waals surface area contributed by atoms with Gasteiger partial charge >= 0.3 is 6.18 Å². The number of anilines is 2. The number of fused-ring (bicyclic) bond motifs is 2. The van der Waals surface area contributed by atoms with Crippen molar-refractivity contribution in [3.8, 4) is 11.5 Å². The van der Waals surface area contributed by atoms with Crippen molar-refractivity contribution in [2.24, 2.45) is 0 Å². The number of aromatic nitrogens is 3. The van der Waals surface area contributed by atoms with Gasteiger partial charge in [0, 0.05) is 11.4 Å². The van der Waals surface area contributed by atoms with Crippen LogP contribution in [0.2, 0.25) is 0 Å². The van der Waals surface area contributed by atoms with Gasteiger partial charge in [-0.1, -0.05) is 24.3 Å². The Kier molecular flexibility index (Phi) is 4.95. The SMILES string of the molecule is CC1=C(C(=O)Nc2ccccc2)C(c2ccc3c(c2)OCCO3)n2nc(C(F)(F)F)nc2N1. The number of alkyl halides is 3. The summed E-state index contributed by atoms with van der Waals surface area (Å²) in [5.74, 6) is -0.943. The molecule has 1 aromatic heterocycles. The topological polar surface area (TPSA) is 90.3 Å². The lowest BCUT2D eigenvalue weighted by Crippen LogP contribution is -2.31. The third-order valence-corrected chi connectivity index (χ3v) is 5.26. The molecule has 5 rings (SSSR count). The average Bonchev–Trinajstić information content (AvgIpc) is 3.22. The van der Waals surface area contributed by atoms with Gasteiger partial charge in [-0.3, -0.25) is 4.79 Å². The highest BCUT2D eigenvalue weighted by molar-refractivity contribution is 6.06. The minimum Gasteiger partial charge on any atom is -0.486 e. The van der Waals surface area contributed by atoms with Gasteiger partial charge in [0.15, 0.2) is 11.5 Å². The van der Waals surface area contributed by atoms with E-state index in [4.69, 9.17) is 9.47 Å². The summed E-state index contributed by atoms with van der Waals surface area (Å²) in [6, 6.07) is 12.8. The Morgan fingerprint density at radius 1 is 1.12 bits per heavy atom. The second-order valence-corrected chi connectivity index (χ2v) is 7.49. The number of para-hydroxylation sites is 1. The van der Waals surface area contributed by atoms with E-state index in [9.17, 15) is 18.0 Å². The van der Waals surface area contributed by atoms with Gasteiger partial charge in [0.05, 0.1) is 5.57 Å². The zero-order chi connectivity index (χ0) is 23.2. The molecule has 33 heavy (non-hydrogen) atoms. The quantitative estimate of drug-likeness (QED) is 0.618. The molecule has 8 nitrogen and oxygen atoms in total. The van der Waals surface area contributed by atoms with Gasteiger partial charge in [0.2, 0.25) is 5.95 Å². The van der Waals surface area contributed by atoms with Crippen molar-refractivity contribution < 1.29 is 27.4 Å². The highest BCUT2D eigenvalue weighted by Gasteiger charge is 2.41. The number of amides is 1. The van der Waals surface area contributed by atoms with Crippen LogP contribution in [0.3, 0.4) is 0 Å². The number of hydrogen-bond acceptors (Lipinski definition) is 6. The van der Waals surface area contributed by atoms with Crippen LogP contribution in [0.5, 0.6) is 11.5 Å². The number of benzene rings is 2. The fourth-order valence-electron chi connectivity index (χ4n) is 3.82. The largest absolute Gasteiger partial charge is 0.486 e. The summed E-state index contributed by atoms with van der Waals surface area (Å²) >= 11 is 0. The molecular formula is C22H18F3N5O3. The molecule has 2 aliphatic heterocycles. The van der Waals surface area contributed by atoms with E-state index in [1.807, 2.05) is 0 Å². The van der Waals surface area contributed by atoms with Crippen molar-refractivity contribution in [1.82, 2.24) is 14.8 Å². The van der Waals surface area contributed by atoms with E-state index in [1.165, 1.54) is 0 Å². The van der Waals surface area contributed by atoms with Crippen molar-refractivity contribution in [3.63, 3.8) is 0 Å². The Morgan fingerprint density at radius 2 is 1.85 bits per heavy atom. The molecule has 11 heteroatoms. The Hall–Kier alpha value is -4.02. The third-order valence-electron chi connectivity index (χ3n) is 5.26. The molecule has 0 saturated carbocycles. The van der Waals surface area contributed by atoms with E-state index in [0.29, 0.717) is 41.7 Å². The Labute approximate surface area is 186 Å². The molecule has 3 heterocycles. The van der Waals surface area contributed by atoms with Gasteiger partial charge in [0.1, 0.15) is 19.3 Å². The Morgan fingerprint density at radius 3 is 2.58 bits per heavy atom. The lowest BCUT2D eigenvalue weighted by molar-refractivity contribution is -0.145. The summed E-state index contributed by atoms with van der Waals surface area (Å²) in [7, 11) is 0. The number of hydrogen-bond donors (Lipinski definition) is 2. The number of allylic oxidation sites excluding steroid dienone is 1. The second kappa shape index (κ2) is 7.84. The number of carbonyl (C=O) groups is 1. The van der Waals surface area contributed by atoms with Crippen LogP contribution in [-0.4, -0.2) is 33.9 Å². The molecule has 1 unspecified atom stereocenters. The minimum absolute atomic E-state index is 0.115. The Balaban J connectivity index is 1.62. The van der Waals surface area contributed by atoms with Crippen LogP contribution < -0.4 is 20.1 Å². The van der Waals surface area contributed by atoms with E-state index in [2.05, 4.69) is 20.7 Å². The van der Waals surface area contributed by atoms with E-state index in [0.717, 1.165) is 4.68 Å². The zero-order valence-corrected chi connectivity index (χ0v) is 17.3. The van der Waals surface area contributed by atoms with Gasteiger partial charge in [0.25, 0.3) is 11.7 Å². The van der Waals surface area contributed by atoms with Gasteiger partial charge < -0.3 is 20.1 Å². The minimum atomic E-state index is -4.75. The predicted octanol–water partition coefficient (Wildman–Crippen LogP) is 4.00. The highest BCUT2D eigenvalue weighted by atomic mass is 19.4. The number of rotatable bonds is 3. The summed E-state index contributed by atoms with van der Waals surface area (Å²) in [4.78, 5) is 16.9. The fourth-order valence-corrected chi connectivity index (χ4v) is 3.82. The molecule has 1 atom stereocenters. The van der Waals surface area contributed by atoms with Gasteiger partial charge in [-0.15, -0.1) is 5.10 Å². The molecule has 0 spiro atoms. The van der Waals surface area contributed by atoms with E-state index in [1.54, 1.807) is 55.5 Å². The predicted molar refractivity (Wildman–Crippen MR) is 112 cm³/mol. The van der Waals surface area contributed by atoms with Crippen LogP contribution in [0.4, 0.5) is 24.8 Å². The van der Waals surface area contributed by atoms with E-state index >= 15 is 0 Å². The monoisotopic (exact) mass is 457 g/mol. The molecule has 0 aliphatic carbocycles. The second-order valence-electron chi connectivity index (χ2n) is 7.49. The first kappa shape index (κ1) is 20.9. The summed E-state index contributed by atoms with van der Waals surface area (Å²) in [6.07, 6.45) is -4.75. The van der Waals surface area contributed by atoms with Crippen molar-refractivity contribution in [2.45, 2.75) is 19.1 Å². The lowest BCUT2D eigenvalue weighted by atomic mass is 9.94. The Bertz CT molecular complexity index is 1250. The zero-order valence-electron chi connectivity index (χ0n) is 17.3. The lowest BCUT2D eigenvalue weighted by Gasteiger charge is -2.29. The van der Waals surface area contributed by atoms with Crippen molar-refractivity contribution >= 4 is 17.5 Å². The van der Waals surface area contributed by atoms with E-state index < -0.39 is 23.9 Å². The molecule has 170 valence electrons. The van der Waals surface area contributed by atoms with Crippen LogP contribution >= 0.6 is 0 Å². The summed E-state index contributed by atoms with van der Waals surface area (Å²) in [5, 5.41) is 9.28. The number of carbonyl (C=O) groups excluding carboxylic acids is 1. The van der Waals surface area contributed by atoms with Crippen LogP contribution in [0, 0.1) is 0 Å². The normalized spacial score (nSPS) is 17.3. The summed E-state index contributed by atoms with van der Waals surface area (Å²) in [5.41, 5.74) is 1.60. The molecule has 0 bridgehead atoms. The number of nitrogens with zero attached hydrogens (tertiary/aromatic N) is 3. The van der Waals surface area contributed by atoms with E-state index in [-0.39, 0.29) is 11.5 Å². The number of ether oxygens (including phenoxy) is 2. The highest BCUT2D eigenvalue weighted by Crippen LogP contribution is 2.41. The third kappa shape index (κ3) is 3.86. The van der Waals surface area contributed by atoms with Crippen molar-refractivity contribution in [1.29, 1.82) is 0 Å². The standard InChI is InChI=1S/C22H18F3N5O3/c1-12-17(19(31)27-14-5-3-2-4-6-14)18(13-7-8-15-16(11-13)33-10-9-32-15)30-21(26-12)28-20(29-30)22(23,24)25/h2-8,11,18H,9-10H2,1H3,(H,27,31)(H,26,28,29). The molecule has 2 aliphatic rings. The van der Waals surface area contributed by atoms with Gasteiger partial charge in [-0.2, -0.15) is 18.2 Å². The van der Waals surface area contributed by atoms with Crippen molar-refractivity contribution in [3.05, 3.63) is 71.2 Å². The van der Waals surface area contributed by atoms with Crippen LogP contribution in [0.25, 0.3) is 0 Å². The molecule has 3 aromatic rings. The smallest absolute Gasteiger partial charge is 0.453 e. The van der Waals surface area contributed by atoms with Gasteiger partial charge in [-0.05, 0) is 36.8 Å². The van der Waals surface area contributed by atoms with Crippen LogP contribution in [-0.2, 0) is 11.0 Å². The van der Waals surface area contributed by atoms with Gasteiger partial charge in [-0.25, -0.2) is 4.68 Å². The first-order chi connectivity index (χ1) is 15.8. The maximum Gasteiger partial charge on any atom is 0.453 e. The molecule has 0 saturated heterocycles. The summed E-state index contributed by atoms with van der Waals surface area (Å²) < 4.78 is 52.4. The molecule has 2 aromatic carbocycles. The average molecular weight is 457 g/mol. The fraction of sp³-hybridized carbons (Fsp3) is 0.227. The molecule has 0 fully saturated rings. The molecular weight excluding hydrogens is 439 g/mol. The molecule has 2 N–H and O–H groups in total. The van der Waals surface area contributed by atoms with Crippen LogP contribution in [0.15, 0.2) is 59.8 Å². The first-order valence-electron chi connectivity index (χ1n) is 10.1. The summed E-state index contributed by atoms with van der Waals surface area (Å²) in [6.45, 7) is 2.34. The molecule has 1 amide bonds. The maximum absolute atomic E-state index is 13.4. The maximum atomic E-state index is 13.4. The van der Waals surface area contributed by atoms with Crippen LogP contribution in [0.1, 0.15) is 24.4 Å². The number of halogens is 3. The first-order valence-corrected chi connectivity index (χ1v) is 10.1.